The third kappa shape index (κ3) is 4.49. The van der Waals surface area contributed by atoms with Crippen LogP contribution < -0.4 is 16.9 Å². The Morgan fingerprint density at radius 3 is 2.21 bits per heavy atom. The number of hydrogen-bond acceptors (Lipinski definition) is 6. The molecule has 0 bridgehead atoms. The maximum Gasteiger partial charge on any atom is 0.277 e. The van der Waals surface area contributed by atoms with Crippen LogP contribution in [0.3, 0.4) is 0 Å². The van der Waals surface area contributed by atoms with Gasteiger partial charge in [0.2, 0.25) is 5.91 Å². The molecular weight excluding hydrogens is 328 g/mol. The lowest BCUT2D eigenvalue weighted by molar-refractivity contribution is -0.125. The first-order valence-electron chi connectivity index (χ1n) is 7.39. The fourth-order valence-electron chi connectivity index (χ4n) is 2.20. The summed E-state index contributed by atoms with van der Waals surface area (Å²) in [4.78, 5) is 27.3. The standard InChI is InChI=1S/C15H20N6O2S/c1-20-6-8-21(9-7-20)15(23)12(14(17)24)19-18-11-4-2-10(3-5-11)13(16)22/h2-5,18H,6-9H2,1H3,(H2,16,22)(H2,17,24)/b19-12-. The van der Waals surface area contributed by atoms with Gasteiger partial charge in [-0.05, 0) is 31.3 Å². The van der Waals surface area contributed by atoms with E-state index in [9.17, 15) is 9.59 Å². The first-order chi connectivity index (χ1) is 11.4. The van der Waals surface area contributed by atoms with E-state index in [1.807, 2.05) is 7.05 Å². The minimum Gasteiger partial charge on any atom is -0.388 e. The van der Waals surface area contributed by atoms with Crippen LogP contribution in [0.4, 0.5) is 5.69 Å². The van der Waals surface area contributed by atoms with Crippen LogP contribution in [-0.2, 0) is 4.79 Å². The van der Waals surface area contributed by atoms with Gasteiger partial charge < -0.3 is 21.3 Å². The van der Waals surface area contributed by atoms with E-state index in [1.165, 1.54) is 0 Å². The molecule has 0 aromatic heterocycles. The predicted molar refractivity (Wildman–Crippen MR) is 96.9 cm³/mol. The zero-order valence-electron chi connectivity index (χ0n) is 13.4. The van der Waals surface area contributed by atoms with Gasteiger partial charge in [-0.3, -0.25) is 15.0 Å². The monoisotopic (exact) mass is 348 g/mol. The van der Waals surface area contributed by atoms with E-state index in [0.717, 1.165) is 13.1 Å². The minimum absolute atomic E-state index is 0.00790. The van der Waals surface area contributed by atoms with Crippen molar-refractivity contribution in [3.8, 4) is 0 Å². The summed E-state index contributed by atoms with van der Waals surface area (Å²) >= 11 is 4.94. The van der Waals surface area contributed by atoms with Crippen LogP contribution in [-0.4, -0.2) is 65.5 Å². The molecule has 0 unspecified atom stereocenters. The van der Waals surface area contributed by atoms with Crippen LogP contribution >= 0.6 is 12.2 Å². The number of hydrazone groups is 1. The Morgan fingerprint density at radius 2 is 1.71 bits per heavy atom. The number of primary amides is 1. The third-order valence-electron chi connectivity index (χ3n) is 3.69. The van der Waals surface area contributed by atoms with Gasteiger partial charge in [0.25, 0.3) is 5.91 Å². The lowest BCUT2D eigenvalue weighted by Gasteiger charge is -2.32. The van der Waals surface area contributed by atoms with Gasteiger partial charge in [0, 0.05) is 31.7 Å². The fourth-order valence-corrected chi connectivity index (χ4v) is 2.33. The van der Waals surface area contributed by atoms with E-state index in [4.69, 9.17) is 23.7 Å². The molecule has 1 saturated heterocycles. The maximum absolute atomic E-state index is 12.5. The first kappa shape index (κ1) is 17.8. The Kier molecular flexibility index (Phi) is 5.83. The minimum atomic E-state index is -0.515. The number of piperazine rings is 1. The molecule has 1 aliphatic rings. The molecule has 0 saturated carbocycles. The molecular formula is C15H20N6O2S. The van der Waals surface area contributed by atoms with Gasteiger partial charge in [0.15, 0.2) is 5.71 Å². The number of carbonyl (C=O) groups is 2. The number of nitrogens with zero attached hydrogens (tertiary/aromatic N) is 3. The lowest BCUT2D eigenvalue weighted by Crippen LogP contribution is -2.51. The van der Waals surface area contributed by atoms with Crippen LogP contribution in [0.2, 0.25) is 0 Å². The van der Waals surface area contributed by atoms with Gasteiger partial charge >= 0.3 is 0 Å². The molecule has 2 amide bonds. The van der Waals surface area contributed by atoms with Crippen molar-refractivity contribution in [2.45, 2.75) is 0 Å². The van der Waals surface area contributed by atoms with Crippen molar-refractivity contribution in [1.82, 2.24) is 9.80 Å². The number of hydrogen-bond donors (Lipinski definition) is 3. The number of nitrogens with one attached hydrogen (secondary N) is 1. The summed E-state index contributed by atoms with van der Waals surface area (Å²) in [6, 6.07) is 6.37. The third-order valence-corrected chi connectivity index (χ3v) is 3.89. The lowest BCUT2D eigenvalue weighted by atomic mass is 10.2. The topological polar surface area (TPSA) is 117 Å². The van der Waals surface area contributed by atoms with E-state index >= 15 is 0 Å². The zero-order chi connectivity index (χ0) is 17.7. The number of thiocarbonyl (C=S) groups is 1. The number of amides is 2. The zero-order valence-corrected chi connectivity index (χ0v) is 14.2. The number of nitrogens with two attached hydrogens (primary N) is 2. The van der Waals surface area contributed by atoms with E-state index in [0.29, 0.717) is 24.3 Å². The summed E-state index contributed by atoms with van der Waals surface area (Å²) in [5.41, 5.74) is 14.5. The SMILES string of the molecule is CN1CCN(C(=O)/C(=N\Nc2ccc(C(N)=O)cc2)C(N)=S)CC1. The molecule has 24 heavy (non-hydrogen) atoms. The second kappa shape index (κ2) is 7.84. The molecule has 1 aromatic rings. The molecule has 0 aliphatic carbocycles. The van der Waals surface area contributed by atoms with Crippen molar-refractivity contribution in [3.05, 3.63) is 29.8 Å². The van der Waals surface area contributed by atoms with E-state index in [2.05, 4.69) is 15.4 Å². The van der Waals surface area contributed by atoms with Crippen molar-refractivity contribution in [1.29, 1.82) is 0 Å². The number of anilines is 1. The van der Waals surface area contributed by atoms with E-state index in [1.54, 1.807) is 29.2 Å². The molecule has 9 heteroatoms. The smallest absolute Gasteiger partial charge is 0.277 e. The van der Waals surface area contributed by atoms with Crippen LogP contribution in [0.1, 0.15) is 10.4 Å². The largest absolute Gasteiger partial charge is 0.388 e. The molecule has 2 rings (SSSR count). The summed E-state index contributed by atoms with van der Waals surface area (Å²) < 4.78 is 0. The van der Waals surface area contributed by atoms with Crippen molar-refractivity contribution < 1.29 is 9.59 Å². The molecule has 0 radical (unpaired) electrons. The van der Waals surface area contributed by atoms with E-state index in [-0.39, 0.29) is 16.6 Å². The van der Waals surface area contributed by atoms with Gasteiger partial charge in [-0.1, -0.05) is 12.2 Å². The van der Waals surface area contributed by atoms with Gasteiger partial charge in [0.05, 0.1) is 5.69 Å². The number of carbonyl (C=O) groups excluding carboxylic acids is 2. The van der Waals surface area contributed by atoms with Gasteiger partial charge in [-0.2, -0.15) is 5.10 Å². The van der Waals surface area contributed by atoms with Crippen molar-refractivity contribution in [3.63, 3.8) is 0 Å². The average Bonchev–Trinajstić information content (AvgIpc) is 2.55. The van der Waals surface area contributed by atoms with Gasteiger partial charge in [-0.25, -0.2) is 0 Å². The van der Waals surface area contributed by atoms with Crippen LogP contribution in [0, 0.1) is 0 Å². The molecule has 1 aliphatic heterocycles. The molecule has 1 heterocycles. The van der Waals surface area contributed by atoms with Crippen LogP contribution in [0.15, 0.2) is 29.4 Å². The molecule has 0 atom stereocenters. The highest BCUT2D eigenvalue weighted by atomic mass is 32.1. The highest BCUT2D eigenvalue weighted by Gasteiger charge is 2.25. The summed E-state index contributed by atoms with van der Waals surface area (Å²) in [5, 5.41) is 4.04. The predicted octanol–water partition coefficient (Wildman–Crippen LogP) is -0.386. The average molecular weight is 348 g/mol. The summed E-state index contributed by atoms with van der Waals surface area (Å²) in [6.07, 6.45) is 0. The Balaban J connectivity index is 2.09. The van der Waals surface area contributed by atoms with Crippen molar-refractivity contribution >= 4 is 40.4 Å². The summed E-state index contributed by atoms with van der Waals surface area (Å²) in [5.74, 6) is -0.809. The van der Waals surface area contributed by atoms with Gasteiger partial charge in [0.1, 0.15) is 4.99 Å². The van der Waals surface area contributed by atoms with Crippen LogP contribution in [0.5, 0.6) is 0 Å². The normalized spacial score (nSPS) is 15.9. The molecule has 1 aromatic carbocycles. The number of benzene rings is 1. The Morgan fingerprint density at radius 1 is 1.12 bits per heavy atom. The Bertz CT molecular complexity index is 665. The van der Waals surface area contributed by atoms with Gasteiger partial charge in [-0.15, -0.1) is 0 Å². The van der Waals surface area contributed by atoms with Crippen molar-refractivity contribution in [2.24, 2.45) is 16.6 Å². The van der Waals surface area contributed by atoms with Crippen molar-refractivity contribution in [2.75, 3.05) is 38.7 Å². The summed E-state index contributed by atoms with van der Waals surface area (Å²) in [7, 11) is 2.00. The number of likely N-dealkylation sites (N-methyl/N-ethyl adjacent to an activating group) is 1. The van der Waals surface area contributed by atoms with E-state index < -0.39 is 5.91 Å². The molecule has 128 valence electrons. The first-order valence-corrected chi connectivity index (χ1v) is 7.80. The maximum atomic E-state index is 12.5. The van der Waals surface area contributed by atoms with Crippen LogP contribution in [0.25, 0.3) is 0 Å². The Labute approximate surface area is 145 Å². The fraction of sp³-hybridized carbons (Fsp3) is 0.333. The molecule has 0 spiro atoms. The number of rotatable bonds is 5. The second-order valence-corrected chi connectivity index (χ2v) is 5.91. The summed E-state index contributed by atoms with van der Waals surface area (Å²) in [6.45, 7) is 2.78. The molecule has 5 N–H and O–H groups in total. The highest BCUT2D eigenvalue weighted by molar-refractivity contribution is 7.82. The molecule has 1 fully saturated rings. The second-order valence-electron chi connectivity index (χ2n) is 5.47. The molecule has 8 nitrogen and oxygen atoms in total. The highest BCUT2D eigenvalue weighted by Crippen LogP contribution is 2.09. The Hall–Kier alpha value is -2.52. The quantitative estimate of drug-likeness (QED) is 0.379.